The molecule has 1 aliphatic rings. The summed E-state index contributed by atoms with van der Waals surface area (Å²) in [5.41, 5.74) is 1.23. The van der Waals surface area contributed by atoms with Crippen molar-refractivity contribution < 1.29 is 9.47 Å². The average Bonchev–Trinajstić information content (AvgIpc) is 2.98. The van der Waals surface area contributed by atoms with Crippen LogP contribution in [0.4, 0.5) is 0 Å². The van der Waals surface area contributed by atoms with Gasteiger partial charge < -0.3 is 14.8 Å². The van der Waals surface area contributed by atoms with Crippen LogP contribution in [-0.4, -0.2) is 25.4 Å². The van der Waals surface area contributed by atoms with Crippen LogP contribution < -0.4 is 10.1 Å². The van der Waals surface area contributed by atoms with Crippen molar-refractivity contribution in [3.63, 3.8) is 0 Å². The van der Waals surface area contributed by atoms with Gasteiger partial charge in [-0.05, 0) is 39.2 Å². The summed E-state index contributed by atoms with van der Waals surface area (Å²) in [6.07, 6.45) is 4.01. The van der Waals surface area contributed by atoms with Gasteiger partial charge in [-0.25, -0.2) is 0 Å². The van der Waals surface area contributed by atoms with E-state index in [0.717, 1.165) is 25.3 Å². The van der Waals surface area contributed by atoms with Gasteiger partial charge in [0.1, 0.15) is 5.75 Å². The number of hydrogen-bond acceptors (Lipinski definition) is 3. The van der Waals surface area contributed by atoms with Crippen molar-refractivity contribution in [1.29, 1.82) is 0 Å². The topological polar surface area (TPSA) is 30.5 Å². The van der Waals surface area contributed by atoms with E-state index in [9.17, 15) is 0 Å². The highest BCUT2D eigenvalue weighted by Crippen LogP contribution is 2.26. The van der Waals surface area contributed by atoms with E-state index in [-0.39, 0.29) is 12.1 Å². The highest BCUT2D eigenvalue weighted by Gasteiger charge is 2.18. The zero-order valence-electron chi connectivity index (χ0n) is 12.9. The van der Waals surface area contributed by atoms with Gasteiger partial charge in [0.25, 0.3) is 0 Å². The molecule has 20 heavy (non-hydrogen) atoms. The fraction of sp³-hybridized carbons (Fsp3) is 0.647. The number of benzene rings is 1. The summed E-state index contributed by atoms with van der Waals surface area (Å²) in [6.45, 7) is 8.27. The van der Waals surface area contributed by atoms with Gasteiger partial charge in [0.05, 0.1) is 12.2 Å². The molecule has 1 heterocycles. The van der Waals surface area contributed by atoms with Crippen molar-refractivity contribution in [2.24, 2.45) is 0 Å². The molecule has 0 radical (unpaired) electrons. The SMILES string of the molecule is CC[C@H](C)Oc1ccccc1[C@@H](C)NC[C@H]1CCCO1. The molecular formula is C17H27NO2. The Morgan fingerprint density at radius 1 is 1.35 bits per heavy atom. The quantitative estimate of drug-likeness (QED) is 0.824. The number of rotatable bonds is 7. The molecule has 0 amide bonds. The number of para-hydroxylation sites is 1. The third kappa shape index (κ3) is 4.22. The molecule has 0 spiro atoms. The Hall–Kier alpha value is -1.06. The van der Waals surface area contributed by atoms with Crippen LogP contribution in [0.5, 0.6) is 5.75 Å². The Kier molecular flexibility index (Phi) is 5.86. The van der Waals surface area contributed by atoms with Crippen LogP contribution in [0.25, 0.3) is 0 Å². The fourth-order valence-electron chi connectivity index (χ4n) is 2.47. The molecule has 3 nitrogen and oxygen atoms in total. The van der Waals surface area contributed by atoms with Crippen LogP contribution in [0.2, 0.25) is 0 Å². The van der Waals surface area contributed by atoms with Crippen LogP contribution in [-0.2, 0) is 4.74 Å². The minimum Gasteiger partial charge on any atom is -0.490 e. The average molecular weight is 277 g/mol. The lowest BCUT2D eigenvalue weighted by molar-refractivity contribution is 0.108. The van der Waals surface area contributed by atoms with Crippen molar-refractivity contribution in [2.75, 3.05) is 13.2 Å². The molecule has 3 heteroatoms. The first-order valence-electron chi connectivity index (χ1n) is 7.81. The number of ether oxygens (including phenoxy) is 2. The third-order valence-electron chi connectivity index (χ3n) is 3.96. The van der Waals surface area contributed by atoms with Crippen LogP contribution >= 0.6 is 0 Å². The maximum absolute atomic E-state index is 6.02. The van der Waals surface area contributed by atoms with E-state index in [4.69, 9.17) is 9.47 Å². The first-order valence-corrected chi connectivity index (χ1v) is 7.81. The third-order valence-corrected chi connectivity index (χ3v) is 3.96. The molecule has 0 aromatic heterocycles. The van der Waals surface area contributed by atoms with Crippen molar-refractivity contribution >= 4 is 0 Å². The normalized spacial score (nSPS) is 21.6. The molecule has 3 atom stereocenters. The standard InChI is InChI=1S/C17H27NO2/c1-4-13(2)20-17-10-6-5-9-16(17)14(3)18-12-15-8-7-11-19-15/h5-6,9-10,13-15,18H,4,7-8,11-12H2,1-3H3/t13-,14+,15+/m0/s1. The number of hydrogen-bond donors (Lipinski definition) is 1. The van der Waals surface area contributed by atoms with Gasteiger partial charge in [0, 0.05) is 24.8 Å². The van der Waals surface area contributed by atoms with Gasteiger partial charge in [-0.15, -0.1) is 0 Å². The molecule has 112 valence electrons. The highest BCUT2D eigenvalue weighted by molar-refractivity contribution is 5.35. The van der Waals surface area contributed by atoms with E-state index in [1.165, 1.54) is 18.4 Å². The summed E-state index contributed by atoms with van der Waals surface area (Å²) in [4.78, 5) is 0. The zero-order valence-corrected chi connectivity index (χ0v) is 12.9. The highest BCUT2D eigenvalue weighted by atomic mass is 16.5. The summed E-state index contributed by atoms with van der Waals surface area (Å²) in [5.74, 6) is 0.995. The lowest BCUT2D eigenvalue weighted by atomic mass is 10.1. The molecular weight excluding hydrogens is 250 g/mol. The van der Waals surface area contributed by atoms with E-state index in [1.54, 1.807) is 0 Å². The van der Waals surface area contributed by atoms with E-state index < -0.39 is 0 Å². The van der Waals surface area contributed by atoms with Gasteiger partial charge in [0.2, 0.25) is 0 Å². The zero-order chi connectivity index (χ0) is 14.4. The van der Waals surface area contributed by atoms with E-state index >= 15 is 0 Å². The Morgan fingerprint density at radius 3 is 2.85 bits per heavy atom. The minimum absolute atomic E-state index is 0.251. The largest absolute Gasteiger partial charge is 0.490 e. The lowest BCUT2D eigenvalue weighted by Gasteiger charge is -2.22. The predicted molar refractivity (Wildman–Crippen MR) is 82.2 cm³/mol. The van der Waals surface area contributed by atoms with Crippen molar-refractivity contribution in [3.8, 4) is 5.75 Å². The molecule has 1 aromatic rings. The molecule has 1 aromatic carbocycles. The van der Waals surface area contributed by atoms with Crippen LogP contribution in [0.3, 0.4) is 0 Å². The molecule has 0 unspecified atom stereocenters. The van der Waals surface area contributed by atoms with Crippen molar-refractivity contribution in [1.82, 2.24) is 5.32 Å². The minimum atomic E-state index is 0.251. The van der Waals surface area contributed by atoms with Gasteiger partial charge in [0.15, 0.2) is 0 Å². The summed E-state index contributed by atoms with van der Waals surface area (Å²) < 4.78 is 11.7. The Bertz CT molecular complexity index is 402. The van der Waals surface area contributed by atoms with Crippen molar-refractivity contribution in [2.45, 2.75) is 58.3 Å². The Balaban J connectivity index is 1.95. The van der Waals surface area contributed by atoms with Crippen LogP contribution in [0.1, 0.15) is 51.6 Å². The van der Waals surface area contributed by atoms with Gasteiger partial charge >= 0.3 is 0 Å². The molecule has 1 saturated heterocycles. The Labute approximate surface area is 122 Å². The van der Waals surface area contributed by atoms with E-state index in [2.05, 4.69) is 44.3 Å². The second-order valence-electron chi connectivity index (χ2n) is 5.64. The monoisotopic (exact) mass is 277 g/mol. The lowest BCUT2D eigenvalue weighted by Crippen LogP contribution is -2.29. The molecule has 0 aliphatic carbocycles. The van der Waals surface area contributed by atoms with Gasteiger partial charge in [-0.2, -0.15) is 0 Å². The summed E-state index contributed by atoms with van der Waals surface area (Å²) in [6, 6.07) is 8.59. The van der Waals surface area contributed by atoms with Crippen molar-refractivity contribution in [3.05, 3.63) is 29.8 Å². The first-order chi connectivity index (χ1) is 9.70. The smallest absolute Gasteiger partial charge is 0.124 e. The van der Waals surface area contributed by atoms with Gasteiger partial charge in [-0.3, -0.25) is 0 Å². The molecule has 2 rings (SSSR count). The maximum Gasteiger partial charge on any atom is 0.124 e. The van der Waals surface area contributed by atoms with Crippen LogP contribution in [0.15, 0.2) is 24.3 Å². The number of nitrogens with one attached hydrogen (secondary N) is 1. The second kappa shape index (κ2) is 7.65. The summed E-state index contributed by atoms with van der Waals surface area (Å²) >= 11 is 0. The predicted octanol–water partition coefficient (Wildman–Crippen LogP) is 3.69. The van der Waals surface area contributed by atoms with E-state index in [1.807, 2.05) is 6.07 Å². The molecule has 1 aliphatic heterocycles. The summed E-state index contributed by atoms with van der Waals surface area (Å²) in [7, 11) is 0. The summed E-state index contributed by atoms with van der Waals surface area (Å²) in [5, 5.41) is 3.57. The second-order valence-corrected chi connectivity index (χ2v) is 5.64. The Morgan fingerprint density at radius 2 is 2.15 bits per heavy atom. The maximum atomic E-state index is 6.02. The first kappa shape index (κ1) is 15.3. The fourth-order valence-corrected chi connectivity index (χ4v) is 2.47. The van der Waals surface area contributed by atoms with E-state index in [0.29, 0.717) is 6.10 Å². The molecule has 1 fully saturated rings. The van der Waals surface area contributed by atoms with Crippen LogP contribution in [0, 0.1) is 0 Å². The molecule has 0 saturated carbocycles. The molecule has 0 bridgehead atoms. The van der Waals surface area contributed by atoms with Gasteiger partial charge in [-0.1, -0.05) is 25.1 Å². The molecule has 1 N–H and O–H groups in total.